The highest BCUT2D eigenvalue weighted by Crippen LogP contribution is 2.19. The first-order chi connectivity index (χ1) is 9.13. The maximum absolute atomic E-state index is 11.6. The van der Waals surface area contributed by atoms with Crippen molar-refractivity contribution in [2.75, 3.05) is 7.11 Å². The van der Waals surface area contributed by atoms with Crippen molar-refractivity contribution in [1.29, 1.82) is 0 Å². The molecule has 0 saturated carbocycles. The minimum absolute atomic E-state index is 0.263. The molecule has 0 saturated heterocycles. The van der Waals surface area contributed by atoms with Gasteiger partial charge in [0.15, 0.2) is 0 Å². The third-order valence-corrected chi connectivity index (χ3v) is 2.80. The number of methoxy groups -OCH3 is 1. The van der Waals surface area contributed by atoms with Gasteiger partial charge in [-0.15, -0.1) is 0 Å². The minimum Gasteiger partial charge on any atom is -0.496 e. The number of aromatic nitrogens is 2. The molecule has 1 heterocycles. The second kappa shape index (κ2) is 5.53. The topological polar surface area (TPSA) is 90.1 Å². The Bertz CT molecular complexity index is 688. The van der Waals surface area contributed by atoms with Gasteiger partial charge in [-0.2, -0.15) is 0 Å². The van der Waals surface area contributed by atoms with Crippen molar-refractivity contribution in [3.63, 3.8) is 0 Å². The lowest BCUT2D eigenvalue weighted by atomic mass is 10.1. The zero-order chi connectivity index (χ0) is 13.8. The molecule has 0 atom stereocenters. The Balaban J connectivity index is 2.36. The van der Waals surface area contributed by atoms with Crippen LogP contribution < -0.4 is 21.6 Å². The summed E-state index contributed by atoms with van der Waals surface area (Å²) < 4.78 is 6.48. The van der Waals surface area contributed by atoms with Crippen LogP contribution in [0.5, 0.6) is 5.75 Å². The molecule has 2 aromatic rings. The van der Waals surface area contributed by atoms with Crippen LogP contribution in [0.15, 0.2) is 39.9 Å². The fraction of sp³-hybridized carbons (Fsp3) is 0.231. The van der Waals surface area contributed by atoms with E-state index in [9.17, 15) is 9.59 Å². The predicted molar refractivity (Wildman–Crippen MR) is 71.3 cm³/mol. The van der Waals surface area contributed by atoms with E-state index in [4.69, 9.17) is 10.5 Å². The van der Waals surface area contributed by atoms with E-state index in [0.29, 0.717) is 12.3 Å². The van der Waals surface area contributed by atoms with Gasteiger partial charge < -0.3 is 10.5 Å². The van der Waals surface area contributed by atoms with E-state index < -0.39 is 0 Å². The molecule has 0 fully saturated rings. The molecule has 3 N–H and O–H groups in total. The highest BCUT2D eigenvalue weighted by Gasteiger charge is 2.04. The second-order valence-corrected chi connectivity index (χ2v) is 4.08. The van der Waals surface area contributed by atoms with E-state index >= 15 is 0 Å². The number of nitrogens with one attached hydrogen (secondary N) is 1. The van der Waals surface area contributed by atoms with Crippen LogP contribution in [0.3, 0.4) is 0 Å². The summed E-state index contributed by atoms with van der Waals surface area (Å²) in [6.07, 6.45) is 0. The molecule has 0 unspecified atom stereocenters. The van der Waals surface area contributed by atoms with E-state index in [0.717, 1.165) is 11.1 Å². The average Bonchev–Trinajstić information content (AvgIpc) is 2.42. The first-order valence-corrected chi connectivity index (χ1v) is 5.80. The van der Waals surface area contributed by atoms with Gasteiger partial charge in [-0.25, -0.2) is 4.68 Å². The Kier molecular flexibility index (Phi) is 3.82. The van der Waals surface area contributed by atoms with Gasteiger partial charge in [-0.3, -0.25) is 14.7 Å². The van der Waals surface area contributed by atoms with Crippen LogP contribution in [-0.2, 0) is 13.1 Å². The summed E-state index contributed by atoms with van der Waals surface area (Å²) >= 11 is 0. The fourth-order valence-electron chi connectivity index (χ4n) is 1.82. The van der Waals surface area contributed by atoms with Crippen molar-refractivity contribution in [2.45, 2.75) is 13.1 Å². The van der Waals surface area contributed by atoms with Gasteiger partial charge in [0, 0.05) is 24.2 Å². The molecule has 1 aromatic carbocycles. The number of hydrogen-bond acceptors (Lipinski definition) is 4. The lowest BCUT2D eigenvalue weighted by Crippen LogP contribution is -2.28. The Labute approximate surface area is 109 Å². The second-order valence-electron chi connectivity index (χ2n) is 4.08. The van der Waals surface area contributed by atoms with E-state index in [1.165, 1.54) is 16.8 Å². The largest absolute Gasteiger partial charge is 0.496 e. The predicted octanol–water partition coefficient (Wildman–Crippen LogP) is 0.0522. The van der Waals surface area contributed by atoms with Gasteiger partial charge in [0.2, 0.25) is 0 Å². The van der Waals surface area contributed by atoms with Gasteiger partial charge in [0.1, 0.15) is 5.75 Å². The van der Waals surface area contributed by atoms with Crippen molar-refractivity contribution >= 4 is 0 Å². The molecule has 0 aliphatic rings. The van der Waals surface area contributed by atoms with E-state index in [-0.39, 0.29) is 17.7 Å². The molecule has 6 nitrogen and oxygen atoms in total. The SMILES string of the molecule is COc1cc(Cn2[nH]c(=O)ccc2=O)ccc1CN. The first kappa shape index (κ1) is 13.1. The highest BCUT2D eigenvalue weighted by atomic mass is 16.5. The molecule has 2 rings (SSSR count). The molecule has 0 aliphatic carbocycles. The Morgan fingerprint density at radius 3 is 2.74 bits per heavy atom. The number of aromatic amines is 1. The van der Waals surface area contributed by atoms with Gasteiger partial charge in [-0.1, -0.05) is 12.1 Å². The van der Waals surface area contributed by atoms with Crippen molar-refractivity contribution in [3.05, 3.63) is 62.2 Å². The molecule has 1 aromatic heterocycles. The van der Waals surface area contributed by atoms with Gasteiger partial charge >= 0.3 is 0 Å². The number of rotatable bonds is 4. The molecular weight excluding hydrogens is 246 g/mol. The quantitative estimate of drug-likeness (QED) is 0.813. The molecule has 0 aliphatic heterocycles. The number of nitrogens with two attached hydrogens (primary N) is 1. The molecule has 6 heteroatoms. The standard InChI is InChI=1S/C13H15N3O3/c1-19-11-6-9(2-3-10(11)7-14)8-16-13(18)5-4-12(17)15-16/h2-6H,7-8,14H2,1H3,(H,15,17). The zero-order valence-electron chi connectivity index (χ0n) is 10.6. The number of benzene rings is 1. The van der Waals surface area contributed by atoms with Gasteiger partial charge in [-0.05, 0) is 11.6 Å². The van der Waals surface area contributed by atoms with E-state index in [1.807, 2.05) is 12.1 Å². The summed E-state index contributed by atoms with van der Waals surface area (Å²) in [5, 5.41) is 2.47. The zero-order valence-corrected chi connectivity index (χ0v) is 10.6. The Morgan fingerprint density at radius 1 is 1.26 bits per heavy atom. The summed E-state index contributed by atoms with van der Waals surface area (Å²) in [5.41, 5.74) is 6.75. The summed E-state index contributed by atoms with van der Waals surface area (Å²) in [6.45, 7) is 0.654. The lowest BCUT2D eigenvalue weighted by Gasteiger charge is -2.10. The van der Waals surface area contributed by atoms with Crippen LogP contribution >= 0.6 is 0 Å². The molecule has 0 radical (unpaired) electrons. The molecular formula is C13H15N3O3. The molecule has 100 valence electrons. The van der Waals surface area contributed by atoms with Crippen LogP contribution in [0.25, 0.3) is 0 Å². The summed E-state index contributed by atoms with van der Waals surface area (Å²) in [4.78, 5) is 22.8. The maximum Gasteiger partial charge on any atom is 0.265 e. The van der Waals surface area contributed by atoms with Crippen LogP contribution in [0.1, 0.15) is 11.1 Å². The van der Waals surface area contributed by atoms with Crippen LogP contribution in [-0.4, -0.2) is 16.9 Å². The highest BCUT2D eigenvalue weighted by molar-refractivity contribution is 5.37. The van der Waals surface area contributed by atoms with Crippen LogP contribution in [0.2, 0.25) is 0 Å². The third kappa shape index (κ3) is 2.92. The summed E-state index contributed by atoms with van der Waals surface area (Å²) in [5.74, 6) is 0.673. The van der Waals surface area contributed by atoms with Crippen LogP contribution in [0, 0.1) is 0 Å². The average molecular weight is 261 g/mol. The normalized spacial score (nSPS) is 10.4. The Hall–Kier alpha value is -2.34. The summed E-state index contributed by atoms with van der Waals surface area (Å²) in [7, 11) is 1.56. The third-order valence-electron chi connectivity index (χ3n) is 2.80. The monoisotopic (exact) mass is 261 g/mol. The number of nitrogens with zero attached hydrogens (tertiary/aromatic N) is 1. The maximum atomic E-state index is 11.6. The minimum atomic E-state index is -0.315. The van der Waals surface area contributed by atoms with Crippen molar-refractivity contribution in [3.8, 4) is 5.75 Å². The van der Waals surface area contributed by atoms with Gasteiger partial charge in [0.25, 0.3) is 11.1 Å². The molecule has 0 spiro atoms. The molecule has 0 amide bonds. The van der Waals surface area contributed by atoms with E-state index in [2.05, 4.69) is 5.10 Å². The summed E-state index contributed by atoms with van der Waals surface area (Å²) in [6, 6.07) is 7.95. The van der Waals surface area contributed by atoms with E-state index in [1.54, 1.807) is 13.2 Å². The van der Waals surface area contributed by atoms with Gasteiger partial charge in [0.05, 0.1) is 13.7 Å². The smallest absolute Gasteiger partial charge is 0.265 e. The Morgan fingerprint density at radius 2 is 2.05 bits per heavy atom. The lowest BCUT2D eigenvalue weighted by molar-refractivity contribution is 0.409. The number of hydrogen-bond donors (Lipinski definition) is 2. The number of ether oxygens (including phenoxy) is 1. The molecule has 19 heavy (non-hydrogen) atoms. The van der Waals surface area contributed by atoms with Crippen molar-refractivity contribution in [2.24, 2.45) is 5.73 Å². The van der Waals surface area contributed by atoms with Crippen molar-refractivity contribution < 1.29 is 4.74 Å². The fourth-order valence-corrected chi connectivity index (χ4v) is 1.82. The number of H-pyrrole nitrogens is 1. The molecule has 0 bridgehead atoms. The first-order valence-electron chi connectivity index (χ1n) is 5.80. The van der Waals surface area contributed by atoms with Crippen LogP contribution in [0.4, 0.5) is 0 Å². The van der Waals surface area contributed by atoms with Crippen molar-refractivity contribution in [1.82, 2.24) is 9.78 Å².